The Morgan fingerprint density at radius 2 is 2.18 bits per heavy atom. The van der Waals surface area contributed by atoms with Crippen LogP contribution < -0.4 is 11.1 Å². The number of hydrogen-bond acceptors (Lipinski definition) is 7. The molecule has 10 heteroatoms. The lowest BCUT2D eigenvalue weighted by atomic mass is 10.1. The fourth-order valence-electron chi connectivity index (χ4n) is 3.18. The molecule has 0 saturated carbocycles. The number of nitrogens with two attached hydrogens (primary N) is 1. The Hall–Kier alpha value is -2.21. The fourth-order valence-corrected chi connectivity index (χ4v) is 4.99. The molecule has 3 N–H and O–H groups in total. The standard InChI is InChI=1S/C18H17IN6O2S/c1-9(26)21-4-5-25-17-15(16(20)22-8-23-17)24-18(25)28-14-7-11-10(6-12(14)19)2-3-13(11)27/h6-8H,2-5H2,1H3,(H,21,26)(H2,20,22,23). The number of hydrogen-bond donors (Lipinski definition) is 2. The van der Waals surface area contributed by atoms with Crippen LogP contribution in [0.15, 0.2) is 28.5 Å². The summed E-state index contributed by atoms with van der Waals surface area (Å²) in [6.07, 6.45) is 2.78. The second kappa shape index (κ2) is 7.66. The summed E-state index contributed by atoms with van der Waals surface area (Å²) >= 11 is 3.74. The minimum absolute atomic E-state index is 0.0977. The summed E-state index contributed by atoms with van der Waals surface area (Å²) in [4.78, 5) is 37.3. The van der Waals surface area contributed by atoms with Crippen LogP contribution in [0.3, 0.4) is 0 Å². The van der Waals surface area contributed by atoms with Crippen molar-refractivity contribution in [3.8, 4) is 0 Å². The van der Waals surface area contributed by atoms with E-state index in [1.807, 2.05) is 10.6 Å². The van der Waals surface area contributed by atoms with E-state index in [-0.39, 0.29) is 11.7 Å². The molecular weight excluding hydrogens is 491 g/mol. The molecule has 0 spiro atoms. The van der Waals surface area contributed by atoms with Gasteiger partial charge in [0, 0.05) is 40.5 Å². The van der Waals surface area contributed by atoms with Crippen molar-refractivity contribution in [3.05, 3.63) is 33.2 Å². The number of nitrogens with zero attached hydrogens (tertiary/aromatic N) is 4. The molecule has 3 aromatic rings. The Labute approximate surface area is 178 Å². The first-order valence-corrected chi connectivity index (χ1v) is 10.6. The van der Waals surface area contributed by atoms with Crippen molar-refractivity contribution in [2.45, 2.75) is 36.4 Å². The van der Waals surface area contributed by atoms with Crippen LogP contribution in [0, 0.1) is 3.57 Å². The first-order valence-electron chi connectivity index (χ1n) is 8.68. The van der Waals surface area contributed by atoms with Gasteiger partial charge in [-0.1, -0.05) is 11.8 Å². The van der Waals surface area contributed by atoms with Crippen LogP contribution in [0.2, 0.25) is 0 Å². The van der Waals surface area contributed by atoms with Crippen LogP contribution in [0.25, 0.3) is 11.2 Å². The molecule has 0 radical (unpaired) electrons. The van der Waals surface area contributed by atoms with Crippen LogP contribution in [0.1, 0.15) is 29.3 Å². The summed E-state index contributed by atoms with van der Waals surface area (Å²) in [5.74, 6) is 0.394. The summed E-state index contributed by atoms with van der Waals surface area (Å²) in [6, 6.07) is 4.02. The zero-order valence-electron chi connectivity index (χ0n) is 15.0. The summed E-state index contributed by atoms with van der Waals surface area (Å²) in [5.41, 5.74) is 9.02. The third-order valence-electron chi connectivity index (χ3n) is 4.52. The lowest BCUT2D eigenvalue weighted by molar-refractivity contribution is -0.118. The summed E-state index contributed by atoms with van der Waals surface area (Å²) in [5, 5.41) is 3.48. The van der Waals surface area contributed by atoms with Gasteiger partial charge in [-0.25, -0.2) is 15.0 Å². The minimum Gasteiger partial charge on any atom is -0.382 e. The topological polar surface area (TPSA) is 116 Å². The molecule has 0 bridgehead atoms. The van der Waals surface area contributed by atoms with Crippen molar-refractivity contribution in [1.29, 1.82) is 0 Å². The van der Waals surface area contributed by atoms with E-state index >= 15 is 0 Å². The van der Waals surface area contributed by atoms with Crippen molar-refractivity contribution in [1.82, 2.24) is 24.8 Å². The van der Waals surface area contributed by atoms with E-state index in [9.17, 15) is 9.59 Å². The first kappa shape index (κ1) is 19.1. The quantitative estimate of drug-likeness (QED) is 0.509. The summed E-state index contributed by atoms with van der Waals surface area (Å²) < 4.78 is 2.98. The number of fused-ring (bicyclic) bond motifs is 2. The van der Waals surface area contributed by atoms with Crippen LogP contribution in [-0.4, -0.2) is 37.8 Å². The molecule has 2 heterocycles. The molecule has 28 heavy (non-hydrogen) atoms. The van der Waals surface area contributed by atoms with Gasteiger partial charge in [-0.15, -0.1) is 0 Å². The monoisotopic (exact) mass is 508 g/mol. The van der Waals surface area contributed by atoms with Gasteiger partial charge >= 0.3 is 0 Å². The average molecular weight is 508 g/mol. The number of aromatic nitrogens is 4. The van der Waals surface area contributed by atoms with E-state index in [2.05, 4.69) is 48.9 Å². The van der Waals surface area contributed by atoms with Gasteiger partial charge in [-0.3, -0.25) is 9.59 Å². The Kier molecular flexibility index (Phi) is 5.23. The Balaban J connectivity index is 1.74. The number of Topliss-reactive ketones (excluding diaryl/α,β-unsaturated/α-hetero) is 1. The molecule has 1 amide bonds. The zero-order chi connectivity index (χ0) is 19.8. The maximum atomic E-state index is 12.1. The molecule has 1 aliphatic rings. The van der Waals surface area contributed by atoms with Gasteiger partial charge in [0.2, 0.25) is 5.91 Å². The Morgan fingerprint density at radius 1 is 1.36 bits per heavy atom. The van der Waals surface area contributed by atoms with E-state index in [0.29, 0.717) is 41.6 Å². The Bertz CT molecular complexity index is 1110. The van der Waals surface area contributed by atoms with Crippen LogP contribution >= 0.6 is 34.4 Å². The lowest BCUT2D eigenvalue weighted by Crippen LogP contribution is -2.24. The highest BCUT2D eigenvalue weighted by molar-refractivity contribution is 14.1. The van der Waals surface area contributed by atoms with Gasteiger partial charge in [0.1, 0.15) is 6.33 Å². The molecule has 0 saturated heterocycles. The van der Waals surface area contributed by atoms with Crippen molar-refractivity contribution in [2.75, 3.05) is 12.3 Å². The number of anilines is 1. The highest BCUT2D eigenvalue weighted by Crippen LogP contribution is 2.36. The number of ketones is 1. The first-order chi connectivity index (χ1) is 13.4. The molecule has 8 nitrogen and oxygen atoms in total. The normalized spacial score (nSPS) is 13.1. The highest BCUT2D eigenvalue weighted by atomic mass is 127. The lowest BCUT2D eigenvalue weighted by Gasteiger charge is -2.10. The maximum Gasteiger partial charge on any atom is 0.216 e. The van der Waals surface area contributed by atoms with Crippen molar-refractivity contribution < 1.29 is 9.59 Å². The maximum absolute atomic E-state index is 12.1. The molecule has 4 rings (SSSR count). The number of nitrogen functional groups attached to an aromatic ring is 1. The van der Waals surface area contributed by atoms with Crippen LogP contribution in [0.5, 0.6) is 0 Å². The number of amides is 1. The van der Waals surface area contributed by atoms with Gasteiger partial charge in [-0.05, 0) is 46.7 Å². The summed E-state index contributed by atoms with van der Waals surface area (Å²) in [6.45, 7) is 2.42. The van der Waals surface area contributed by atoms with Crippen LogP contribution in [-0.2, 0) is 17.8 Å². The number of nitrogens with one attached hydrogen (secondary N) is 1. The molecule has 1 aliphatic carbocycles. The largest absolute Gasteiger partial charge is 0.382 e. The van der Waals surface area contributed by atoms with Crippen molar-refractivity contribution in [3.63, 3.8) is 0 Å². The minimum atomic E-state index is -0.0977. The molecule has 1 aromatic carbocycles. The molecule has 0 fully saturated rings. The predicted molar refractivity (Wildman–Crippen MR) is 114 cm³/mol. The second-order valence-corrected chi connectivity index (χ2v) is 8.60. The SMILES string of the molecule is CC(=O)NCCn1c(Sc2cc3c(cc2I)CCC3=O)nc2c(N)ncnc21. The van der Waals surface area contributed by atoms with Crippen molar-refractivity contribution in [2.24, 2.45) is 0 Å². The summed E-state index contributed by atoms with van der Waals surface area (Å²) in [7, 11) is 0. The van der Waals surface area contributed by atoms with E-state index in [4.69, 9.17) is 5.73 Å². The molecule has 0 unspecified atom stereocenters. The van der Waals surface area contributed by atoms with Gasteiger partial charge < -0.3 is 15.6 Å². The Morgan fingerprint density at radius 3 is 2.96 bits per heavy atom. The van der Waals surface area contributed by atoms with Crippen LogP contribution in [0.4, 0.5) is 5.82 Å². The third-order valence-corrected chi connectivity index (χ3v) is 6.83. The highest BCUT2D eigenvalue weighted by Gasteiger charge is 2.23. The third kappa shape index (κ3) is 3.58. The van der Waals surface area contributed by atoms with E-state index in [0.717, 1.165) is 26.0 Å². The van der Waals surface area contributed by atoms with Gasteiger partial charge in [0.05, 0.1) is 0 Å². The number of benzene rings is 1. The zero-order valence-corrected chi connectivity index (χ0v) is 18.0. The number of carbonyl (C=O) groups excluding carboxylic acids is 2. The number of aryl methyl sites for hydroxylation is 1. The van der Waals surface area contributed by atoms with E-state index < -0.39 is 0 Å². The molecule has 144 valence electrons. The van der Waals surface area contributed by atoms with E-state index in [1.165, 1.54) is 25.0 Å². The molecular formula is C18H17IN6O2S. The van der Waals surface area contributed by atoms with Gasteiger partial charge in [0.15, 0.2) is 27.9 Å². The molecule has 0 atom stereocenters. The van der Waals surface area contributed by atoms with Crippen molar-refractivity contribution >= 4 is 63.0 Å². The van der Waals surface area contributed by atoms with Gasteiger partial charge in [-0.2, -0.15) is 0 Å². The van der Waals surface area contributed by atoms with E-state index in [1.54, 1.807) is 0 Å². The molecule has 0 aliphatic heterocycles. The average Bonchev–Trinajstić information content (AvgIpc) is 3.17. The van der Waals surface area contributed by atoms with Gasteiger partial charge in [0.25, 0.3) is 0 Å². The number of carbonyl (C=O) groups is 2. The smallest absolute Gasteiger partial charge is 0.216 e. The fraction of sp³-hybridized carbons (Fsp3) is 0.278. The molecule has 2 aromatic heterocycles. The number of halogens is 1. The predicted octanol–water partition coefficient (Wildman–Crippen LogP) is 2.43. The second-order valence-electron chi connectivity index (χ2n) is 6.43. The number of rotatable bonds is 5. The number of imidazole rings is 1.